The molecule has 0 spiro atoms. The van der Waals surface area contributed by atoms with Gasteiger partial charge in [0.25, 0.3) is 0 Å². The third-order valence-corrected chi connectivity index (χ3v) is 4.65. The molecule has 1 heterocycles. The SMILES string of the molecule is CS(=O)(=O)c1cccc(C(=O)CCc2ccsc2)c1. The van der Waals surface area contributed by atoms with Crippen LogP contribution in [0, 0.1) is 0 Å². The highest BCUT2D eigenvalue weighted by atomic mass is 32.2. The smallest absolute Gasteiger partial charge is 0.175 e. The van der Waals surface area contributed by atoms with E-state index in [4.69, 9.17) is 0 Å². The summed E-state index contributed by atoms with van der Waals surface area (Å²) in [6.45, 7) is 0. The van der Waals surface area contributed by atoms with Crippen LogP contribution >= 0.6 is 11.3 Å². The molecule has 0 amide bonds. The third kappa shape index (κ3) is 3.75. The molecule has 19 heavy (non-hydrogen) atoms. The van der Waals surface area contributed by atoms with Gasteiger partial charge in [-0.3, -0.25) is 4.79 Å². The zero-order valence-electron chi connectivity index (χ0n) is 10.5. The number of aryl methyl sites for hydroxylation is 1. The number of thiophene rings is 1. The highest BCUT2D eigenvalue weighted by molar-refractivity contribution is 7.90. The van der Waals surface area contributed by atoms with Crippen molar-refractivity contribution in [2.75, 3.05) is 6.26 Å². The monoisotopic (exact) mass is 294 g/mol. The van der Waals surface area contributed by atoms with Crippen LogP contribution < -0.4 is 0 Å². The van der Waals surface area contributed by atoms with Gasteiger partial charge in [-0.05, 0) is 40.9 Å². The normalized spacial score (nSPS) is 11.4. The highest BCUT2D eigenvalue weighted by Crippen LogP contribution is 2.15. The van der Waals surface area contributed by atoms with Crippen molar-refractivity contribution in [1.82, 2.24) is 0 Å². The Kier molecular flexibility index (Phi) is 4.17. The van der Waals surface area contributed by atoms with Gasteiger partial charge in [0, 0.05) is 18.2 Å². The molecule has 0 bridgehead atoms. The Labute approximate surface area is 116 Å². The second-order valence-electron chi connectivity index (χ2n) is 4.35. The third-order valence-electron chi connectivity index (χ3n) is 2.81. The summed E-state index contributed by atoms with van der Waals surface area (Å²) in [6.07, 6.45) is 2.22. The van der Waals surface area contributed by atoms with Crippen LogP contribution in [0.5, 0.6) is 0 Å². The van der Waals surface area contributed by atoms with Crippen LogP contribution in [0.2, 0.25) is 0 Å². The quantitative estimate of drug-likeness (QED) is 0.797. The zero-order chi connectivity index (χ0) is 13.9. The second-order valence-corrected chi connectivity index (χ2v) is 7.15. The molecule has 0 unspecified atom stereocenters. The molecule has 0 atom stereocenters. The predicted molar refractivity (Wildman–Crippen MR) is 76.5 cm³/mol. The lowest BCUT2D eigenvalue weighted by Crippen LogP contribution is -2.04. The standard InChI is InChI=1S/C14H14O3S2/c1-19(16,17)13-4-2-3-12(9-13)14(15)6-5-11-7-8-18-10-11/h2-4,7-10H,5-6H2,1H3. The molecule has 2 aromatic rings. The maximum absolute atomic E-state index is 12.0. The fraction of sp³-hybridized carbons (Fsp3) is 0.214. The number of carbonyl (C=O) groups excluding carboxylic acids is 1. The Morgan fingerprint density at radius 3 is 2.68 bits per heavy atom. The molecule has 0 saturated carbocycles. The van der Waals surface area contributed by atoms with Crippen molar-refractivity contribution in [2.45, 2.75) is 17.7 Å². The fourth-order valence-electron chi connectivity index (χ4n) is 1.74. The molecular weight excluding hydrogens is 280 g/mol. The fourth-order valence-corrected chi connectivity index (χ4v) is 3.11. The number of Topliss-reactive ketones (excluding diaryl/α,β-unsaturated/α-hetero) is 1. The molecule has 1 aromatic heterocycles. The first-order valence-electron chi connectivity index (χ1n) is 5.81. The summed E-state index contributed by atoms with van der Waals surface area (Å²) in [6, 6.07) is 8.21. The number of rotatable bonds is 5. The highest BCUT2D eigenvalue weighted by Gasteiger charge is 2.11. The minimum atomic E-state index is -3.27. The topological polar surface area (TPSA) is 51.2 Å². The van der Waals surface area contributed by atoms with Gasteiger partial charge < -0.3 is 0 Å². The van der Waals surface area contributed by atoms with Gasteiger partial charge in [-0.2, -0.15) is 11.3 Å². The second kappa shape index (κ2) is 5.67. The number of hydrogen-bond donors (Lipinski definition) is 0. The molecular formula is C14H14O3S2. The lowest BCUT2D eigenvalue weighted by molar-refractivity contribution is 0.0982. The average molecular weight is 294 g/mol. The van der Waals surface area contributed by atoms with Gasteiger partial charge in [-0.25, -0.2) is 8.42 Å². The van der Waals surface area contributed by atoms with Crippen molar-refractivity contribution in [1.29, 1.82) is 0 Å². The first-order valence-corrected chi connectivity index (χ1v) is 8.64. The minimum absolute atomic E-state index is 0.0308. The van der Waals surface area contributed by atoms with E-state index in [1.54, 1.807) is 23.5 Å². The Morgan fingerprint density at radius 2 is 2.05 bits per heavy atom. The van der Waals surface area contributed by atoms with Crippen molar-refractivity contribution < 1.29 is 13.2 Å². The Morgan fingerprint density at radius 1 is 1.26 bits per heavy atom. The largest absolute Gasteiger partial charge is 0.294 e. The molecule has 100 valence electrons. The van der Waals surface area contributed by atoms with E-state index >= 15 is 0 Å². The van der Waals surface area contributed by atoms with Crippen LogP contribution in [0.15, 0.2) is 46.0 Å². The lowest BCUT2D eigenvalue weighted by Gasteiger charge is -2.03. The molecule has 2 rings (SSSR count). The Hall–Kier alpha value is -1.46. The molecule has 0 fully saturated rings. The molecule has 0 N–H and O–H groups in total. The first kappa shape index (κ1) is 14.0. The molecule has 3 nitrogen and oxygen atoms in total. The van der Waals surface area contributed by atoms with Gasteiger partial charge in [0.1, 0.15) is 0 Å². The maximum Gasteiger partial charge on any atom is 0.175 e. The number of benzene rings is 1. The van der Waals surface area contributed by atoms with Gasteiger partial charge in [-0.15, -0.1) is 0 Å². The van der Waals surface area contributed by atoms with Gasteiger partial charge in [0.2, 0.25) is 0 Å². The maximum atomic E-state index is 12.0. The van der Waals surface area contributed by atoms with E-state index < -0.39 is 9.84 Å². The summed E-state index contributed by atoms with van der Waals surface area (Å²) in [7, 11) is -3.27. The van der Waals surface area contributed by atoms with Gasteiger partial charge in [-0.1, -0.05) is 12.1 Å². The van der Waals surface area contributed by atoms with Gasteiger partial charge >= 0.3 is 0 Å². The van der Waals surface area contributed by atoms with Crippen molar-refractivity contribution in [3.05, 3.63) is 52.2 Å². The van der Waals surface area contributed by atoms with Crippen molar-refractivity contribution in [3.8, 4) is 0 Å². The lowest BCUT2D eigenvalue weighted by atomic mass is 10.0. The van der Waals surface area contributed by atoms with Crippen LogP contribution in [0.4, 0.5) is 0 Å². The van der Waals surface area contributed by atoms with Crippen molar-refractivity contribution in [2.24, 2.45) is 0 Å². The molecule has 0 aliphatic heterocycles. The van der Waals surface area contributed by atoms with E-state index in [9.17, 15) is 13.2 Å². The first-order chi connectivity index (χ1) is 8.97. The molecule has 5 heteroatoms. The van der Waals surface area contributed by atoms with Crippen molar-refractivity contribution in [3.63, 3.8) is 0 Å². The number of ketones is 1. The van der Waals surface area contributed by atoms with Crippen LogP contribution in [0.3, 0.4) is 0 Å². The molecule has 1 aromatic carbocycles. The van der Waals surface area contributed by atoms with Crippen LogP contribution in [-0.4, -0.2) is 20.5 Å². The minimum Gasteiger partial charge on any atom is -0.294 e. The number of hydrogen-bond acceptors (Lipinski definition) is 4. The van der Waals surface area contributed by atoms with Crippen LogP contribution in [0.25, 0.3) is 0 Å². The average Bonchev–Trinajstić information content (AvgIpc) is 2.88. The Bertz CT molecular complexity index is 670. The van der Waals surface area contributed by atoms with Crippen LogP contribution in [0.1, 0.15) is 22.3 Å². The van der Waals surface area contributed by atoms with E-state index in [0.717, 1.165) is 11.8 Å². The predicted octanol–water partition coefficient (Wildman–Crippen LogP) is 2.97. The summed E-state index contributed by atoms with van der Waals surface area (Å²) in [5, 5.41) is 3.99. The van der Waals surface area contributed by atoms with E-state index in [-0.39, 0.29) is 10.7 Å². The summed E-state index contributed by atoms with van der Waals surface area (Å²) < 4.78 is 22.9. The summed E-state index contributed by atoms with van der Waals surface area (Å²) in [5.41, 5.74) is 1.59. The van der Waals surface area contributed by atoms with E-state index in [2.05, 4.69) is 0 Å². The summed E-state index contributed by atoms with van der Waals surface area (Å²) >= 11 is 1.60. The van der Waals surface area contributed by atoms with E-state index in [0.29, 0.717) is 18.4 Å². The molecule has 0 aliphatic carbocycles. The van der Waals surface area contributed by atoms with Crippen LogP contribution in [-0.2, 0) is 16.3 Å². The molecule has 0 saturated heterocycles. The number of sulfone groups is 1. The Balaban J connectivity index is 2.11. The van der Waals surface area contributed by atoms with E-state index in [1.165, 1.54) is 12.1 Å². The van der Waals surface area contributed by atoms with Crippen molar-refractivity contribution >= 4 is 27.0 Å². The molecule has 0 radical (unpaired) electrons. The van der Waals surface area contributed by atoms with Gasteiger partial charge in [0.05, 0.1) is 4.90 Å². The number of carbonyl (C=O) groups is 1. The van der Waals surface area contributed by atoms with E-state index in [1.807, 2.05) is 16.8 Å². The summed E-state index contributed by atoms with van der Waals surface area (Å²) in [4.78, 5) is 12.2. The zero-order valence-corrected chi connectivity index (χ0v) is 12.1. The molecule has 0 aliphatic rings. The summed E-state index contributed by atoms with van der Waals surface area (Å²) in [5.74, 6) is -0.0308. The van der Waals surface area contributed by atoms with Gasteiger partial charge in [0.15, 0.2) is 15.6 Å².